The quantitative estimate of drug-likeness (QED) is 0.00754. The van der Waals surface area contributed by atoms with E-state index in [1.807, 2.05) is 36.5 Å². The number of ether oxygens (including phenoxy) is 2. The van der Waals surface area contributed by atoms with Crippen molar-refractivity contribution in [3.8, 4) is 0 Å². The van der Waals surface area contributed by atoms with E-state index in [1.54, 1.807) is 12.2 Å². The smallest absolute Gasteiger partial charge is 0.462 e. The normalized spacial score (nSPS) is 21.8. The average molecular weight is 1010 g/mol. The van der Waals surface area contributed by atoms with Gasteiger partial charge >= 0.3 is 27.6 Å². The van der Waals surface area contributed by atoms with Gasteiger partial charge in [-0.1, -0.05) is 138 Å². The standard InChI is InChI=1S/C49H82O17P2/c1-3-5-7-8-9-10-11-12-13-14-15-16-19-22-25-28-32-36-42(51)62-38-41(39-63-68(60,61)66-49-46(55)44(53)45(54)48(47(49)56)65-67(57,58)59)64-43(52)37-33-29-26-23-20-17-18-21-24-27-31-35-40(50)34-30-6-4-2/h9-10,12-13,17-18,23-24,26-27,31,35,41,44-49,53-56H,3-8,11,14-16,19-22,25,28-30,32-34,36-39H2,1-2H3,(H,60,61)(H2,57,58,59)/b10-9-,13-12-,18-17-,26-23-,27-24-,35-31+/t41-,44?,45?,46?,47?,48-,49+/m1/s1. The summed E-state index contributed by atoms with van der Waals surface area (Å²) in [5.41, 5.74) is 0. The van der Waals surface area contributed by atoms with E-state index in [-0.39, 0.29) is 18.6 Å². The van der Waals surface area contributed by atoms with Gasteiger partial charge in [0.2, 0.25) is 0 Å². The molecule has 68 heavy (non-hydrogen) atoms. The summed E-state index contributed by atoms with van der Waals surface area (Å²) < 4.78 is 49.3. The van der Waals surface area contributed by atoms with Crippen LogP contribution in [0.5, 0.6) is 0 Å². The SMILES string of the molecule is CCCCC/C=C\C/C=C\CCCCCCCCCC(=O)OC[C@H](COP(=O)(O)O[C@H]1C(O)C(O)C(O)[C@@H](OP(=O)(O)O)C1O)OC(=O)CCC/C=C\C/C=C\C/C=C\C=C\C(=O)CCCCC. The number of hydrogen-bond acceptors (Lipinski definition) is 14. The van der Waals surface area contributed by atoms with Crippen molar-refractivity contribution in [3.63, 3.8) is 0 Å². The molecule has 0 saturated heterocycles. The Labute approximate surface area is 404 Å². The topological polar surface area (TPSA) is 273 Å². The van der Waals surface area contributed by atoms with Gasteiger partial charge in [0.25, 0.3) is 0 Å². The van der Waals surface area contributed by atoms with Gasteiger partial charge < -0.3 is 44.6 Å². The number of unbranched alkanes of at least 4 members (excludes halogenated alkanes) is 13. The average Bonchev–Trinajstić information content (AvgIpc) is 3.29. The molecule has 0 aromatic carbocycles. The summed E-state index contributed by atoms with van der Waals surface area (Å²) in [6.07, 6.45) is 28.4. The Morgan fingerprint density at radius 1 is 0.515 bits per heavy atom. The summed E-state index contributed by atoms with van der Waals surface area (Å²) in [6, 6.07) is 0. The van der Waals surface area contributed by atoms with Gasteiger partial charge in [-0.2, -0.15) is 0 Å². The number of carbonyl (C=O) groups excluding carboxylic acids is 3. The molecule has 8 atom stereocenters. The third kappa shape index (κ3) is 32.8. The molecule has 0 aliphatic heterocycles. The van der Waals surface area contributed by atoms with Crippen molar-refractivity contribution in [1.29, 1.82) is 0 Å². The first kappa shape index (κ1) is 63.1. The van der Waals surface area contributed by atoms with Crippen molar-refractivity contribution in [1.82, 2.24) is 0 Å². The van der Waals surface area contributed by atoms with Crippen LogP contribution in [0.25, 0.3) is 0 Å². The second kappa shape index (κ2) is 38.8. The molecule has 1 rings (SSSR count). The van der Waals surface area contributed by atoms with Gasteiger partial charge in [-0.25, -0.2) is 9.13 Å². The maximum absolute atomic E-state index is 13.0. The number of allylic oxidation sites excluding steroid dienone is 12. The van der Waals surface area contributed by atoms with Crippen LogP contribution in [0.1, 0.15) is 162 Å². The monoisotopic (exact) mass is 1000 g/mol. The largest absolute Gasteiger partial charge is 0.472 e. The zero-order chi connectivity index (χ0) is 50.5. The van der Waals surface area contributed by atoms with Crippen LogP contribution in [0.2, 0.25) is 0 Å². The van der Waals surface area contributed by atoms with Gasteiger partial charge in [0.05, 0.1) is 6.61 Å². The highest BCUT2D eigenvalue weighted by molar-refractivity contribution is 7.47. The highest BCUT2D eigenvalue weighted by atomic mass is 31.2. The summed E-state index contributed by atoms with van der Waals surface area (Å²) >= 11 is 0. The Morgan fingerprint density at radius 2 is 1.00 bits per heavy atom. The fourth-order valence-electron chi connectivity index (χ4n) is 6.89. The Hall–Kier alpha value is -2.89. The van der Waals surface area contributed by atoms with Crippen LogP contribution in [0.3, 0.4) is 0 Å². The molecule has 1 saturated carbocycles. The molecule has 0 aromatic rings. The Kier molecular flexibility index (Phi) is 36.0. The highest BCUT2D eigenvalue weighted by Gasteiger charge is 2.54. The van der Waals surface area contributed by atoms with E-state index >= 15 is 0 Å². The lowest BCUT2D eigenvalue weighted by molar-refractivity contribution is -0.216. The summed E-state index contributed by atoms with van der Waals surface area (Å²) in [4.78, 5) is 66.1. The van der Waals surface area contributed by atoms with Crippen LogP contribution in [0.15, 0.2) is 72.9 Å². The van der Waals surface area contributed by atoms with E-state index in [1.165, 1.54) is 19.3 Å². The van der Waals surface area contributed by atoms with Gasteiger partial charge in [-0.05, 0) is 76.7 Å². The molecule has 17 nitrogen and oxygen atoms in total. The van der Waals surface area contributed by atoms with E-state index in [0.29, 0.717) is 38.5 Å². The van der Waals surface area contributed by atoms with Crippen LogP contribution in [-0.2, 0) is 46.6 Å². The predicted molar refractivity (Wildman–Crippen MR) is 260 cm³/mol. The maximum atomic E-state index is 13.0. The van der Waals surface area contributed by atoms with Gasteiger partial charge in [0, 0.05) is 19.3 Å². The number of aliphatic hydroxyl groups excluding tert-OH is 4. The van der Waals surface area contributed by atoms with Crippen LogP contribution >= 0.6 is 15.6 Å². The Balaban J connectivity index is 2.64. The van der Waals surface area contributed by atoms with Gasteiger partial charge in [-0.15, -0.1) is 0 Å². The molecule has 7 N–H and O–H groups in total. The van der Waals surface area contributed by atoms with Crippen LogP contribution in [-0.4, -0.2) is 109 Å². The van der Waals surface area contributed by atoms with Crippen molar-refractivity contribution in [2.24, 2.45) is 0 Å². The Bertz CT molecular complexity index is 1650. The molecule has 0 amide bonds. The molecule has 0 spiro atoms. The maximum Gasteiger partial charge on any atom is 0.472 e. The molecule has 5 unspecified atom stereocenters. The van der Waals surface area contributed by atoms with Gasteiger partial charge in [0.15, 0.2) is 11.9 Å². The van der Waals surface area contributed by atoms with Crippen molar-refractivity contribution >= 4 is 33.4 Å². The van der Waals surface area contributed by atoms with Crippen LogP contribution in [0.4, 0.5) is 0 Å². The van der Waals surface area contributed by atoms with Crippen molar-refractivity contribution in [2.45, 2.75) is 204 Å². The molecule has 1 aliphatic carbocycles. The molecule has 390 valence electrons. The molecular weight excluding hydrogens is 922 g/mol. The lowest BCUT2D eigenvalue weighted by Gasteiger charge is -2.43. The fourth-order valence-corrected chi connectivity index (χ4v) is 8.42. The van der Waals surface area contributed by atoms with E-state index in [4.69, 9.17) is 18.5 Å². The number of esters is 2. The first-order valence-corrected chi connectivity index (χ1v) is 27.5. The summed E-state index contributed by atoms with van der Waals surface area (Å²) in [5, 5.41) is 41.2. The van der Waals surface area contributed by atoms with E-state index in [0.717, 1.165) is 77.0 Å². The lowest BCUT2D eigenvalue weighted by atomic mass is 9.85. The summed E-state index contributed by atoms with van der Waals surface area (Å²) in [5.74, 6) is -1.20. The van der Waals surface area contributed by atoms with Gasteiger partial charge in [0.1, 0.15) is 43.2 Å². The Morgan fingerprint density at radius 3 is 1.60 bits per heavy atom. The highest BCUT2D eigenvalue weighted by Crippen LogP contribution is 2.49. The molecule has 1 aliphatic rings. The summed E-state index contributed by atoms with van der Waals surface area (Å²) in [7, 11) is -10.7. The first-order valence-electron chi connectivity index (χ1n) is 24.4. The molecule has 0 radical (unpaired) electrons. The van der Waals surface area contributed by atoms with Crippen molar-refractivity contribution in [3.05, 3.63) is 72.9 Å². The number of rotatable bonds is 40. The number of phosphoric ester groups is 2. The van der Waals surface area contributed by atoms with E-state index in [9.17, 15) is 58.6 Å². The third-order valence-electron chi connectivity index (χ3n) is 10.7. The minimum absolute atomic E-state index is 0.0630. The molecule has 0 aromatic heterocycles. The molecule has 0 heterocycles. The number of carbonyl (C=O) groups is 3. The zero-order valence-corrected chi connectivity index (χ0v) is 42.0. The second-order valence-corrected chi connectivity index (χ2v) is 19.5. The number of ketones is 1. The summed E-state index contributed by atoms with van der Waals surface area (Å²) in [6.45, 7) is 2.87. The number of phosphoric acid groups is 2. The molecular formula is C49H82O17P2. The molecule has 0 bridgehead atoms. The minimum atomic E-state index is -5.38. The zero-order valence-electron chi connectivity index (χ0n) is 40.3. The fraction of sp³-hybridized carbons (Fsp3) is 0.694. The molecule has 19 heteroatoms. The second-order valence-electron chi connectivity index (χ2n) is 16.9. The first-order chi connectivity index (χ1) is 32.5. The van der Waals surface area contributed by atoms with Crippen molar-refractivity contribution in [2.75, 3.05) is 13.2 Å². The van der Waals surface area contributed by atoms with E-state index < -0.39 is 83.5 Å². The van der Waals surface area contributed by atoms with Crippen LogP contribution in [0, 0.1) is 0 Å². The third-order valence-corrected chi connectivity index (χ3v) is 12.2. The van der Waals surface area contributed by atoms with Gasteiger partial charge in [-0.3, -0.25) is 28.0 Å². The van der Waals surface area contributed by atoms with Crippen LogP contribution < -0.4 is 0 Å². The van der Waals surface area contributed by atoms with Crippen molar-refractivity contribution < 1.29 is 81.7 Å². The minimum Gasteiger partial charge on any atom is -0.462 e. The number of hydrogen-bond donors (Lipinski definition) is 7. The molecule has 1 fully saturated rings. The van der Waals surface area contributed by atoms with E-state index in [2.05, 4.69) is 42.7 Å². The number of aliphatic hydroxyl groups is 4. The predicted octanol–water partition coefficient (Wildman–Crippen LogP) is 8.80. The lowest BCUT2D eigenvalue weighted by Crippen LogP contribution is -2.64.